The maximum atomic E-state index is 5.23. The van der Waals surface area contributed by atoms with Gasteiger partial charge in [0.15, 0.2) is 5.75 Å². The molecule has 4 heteroatoms. The number of nitrogens with two attached hydrogens (primary N) is 1. The Morgan fingerprint density at radius 2 is 2.50 bits per heavy atom. The van der Waals surface area contributed by atoms with Crippen molar-refractivity contribution in [2.45, 2.75) is 24.5 Å². The normalized spacial score (nSPS) is 20.3. The van der Waals surface area contributed by atoms with Gasteiger partial charge in [-0.05, 0) is 25.5 Å². The van der Waals surface area contributed by atoms with E-state index in [-0.39, 0.29) is 0 Å². The molecule has 0 saturated heterocycles. The van der Waals surface area contributed by atoms with Gasteiger partial charge < -0.3 is 4.84 Å². The third kappa shape index (κ3) is 1.72. The van der Waals surface area contributed by atoms with Gasteiger partial charge in [-0.3, -0.25) is 4.98 Å². The second-order valence-electron chi connectivity index (χ2n) is 3.45. The zero-order valence-corrected chi connectivity index (χ0v) is 9.01. The van der Waals surface area contributed by atoms with Gasteiger partial charge in [0.2, 0.25) is 0 Å². The van der Waals surface area contributed by atoms with Crippen molar-refractivity contribution in [3.63, 3.8) is 0 Å². The van der Waals surface area contributed by atoms with Gasteiger partial charge in [0.1, 0.15) is 0 Å². The van der Waals surface area contributed by atoms with Crippen LogP contribution >= 0.6 is 11.8 Å². The molecule has 1 atom stereocenters. The zero-order valence-electron chi connectivity index (χ0n) is 8.19. The van der Waals surface area contributed by atoms with Crippen molar-refractivity contribution in [3.05, 3.63) is 23.5 Å². The molecule has 0 bridgehead atoms. The summed E-state index contributed by atoms with van der Waals surface area (Å²) in [4.78, 5) is 9.21. The number of pyridine rings is 1. The largest absolute Gasteiger partial charge is 0.411 e. The van der Waals surface area contributed by atoms with Crippen molar-refractivity contribution in [1.29, 1.82) is 0 Å². The number of hydrogen-bond acceptors (Lipinski definition) is 4. The average Bonchev–Trinajstić information content (AvgIpc) is 2.27. The maximum Gasteiger partial charge on any atom is 0.153 e. The van der Waals surface area contributed by atoms with Crippen molar-refractivity contribution in [1.82, 2.24) is 4.98 Å². The first kappa shape index (κ1) is 9.80. The van der Waals surface area contributed by atoms with Crippen molar-refractivity contribution >= 4 is 11.8 Å². The molecule has 0 spiro atoms. The van der Waals surface area contributed by atoms with E-state index in [1.807, 2.05) is 17.8 Å². The van der Waals surface area contributed by atoms with E-state index in [0.29, 0.717) is 5.25 Å². The van der Waals surface area contributed by atoms with Crippen molar-refractivity contribution in [2.75, 3.05) is 6.26 Å². The number of aromatic nitrogens is 1. The first-order valence-corrected chi connectivity index (χ1v) is 6.00. The van der Waals surface area contributed by atoms with Crippen LogP contribution in [0.1, 0.15) is 17.7 Å². The lowest BCUT2D eigenvalue weighted by atomic mass is 9.95. The summed E-state index contributed by atoms with van der Waals surface area (Å²) in [5.41, 5.74) is 2.35. The average molecular weight is 210 g/mol. The Bertz CT molecular complexity index is 316. The fraction of sp³-hybridized carbons (Fsp3) is 0.500. The second kappa shape index (κ2) is 4.19. The monoisotopic (exact) mass is 210 g/mol. The Morgan fingerprint density at radius 1 is 1.64 bits per heavy atom. The molecule has 14 heavy (non-hydrogen) atoms. The Morgan fingerprint density at radius 3 is 3.21 bits per heavy atom. The third-order valence-corrected chi connectivity index (χ3v) is 3.77. The molecular weight excluding hydrogens is 196 g/mol. The van der Waals surface area contributed by atoms with Gasteiger partial charge in [-0.15, -0.1) is 0 Å². The maximum absolute atomic E-state index is 5.23. The fourth-order valence-electron chi connectivity index (χ4n) is 1.89. The smallest absolute Gasteiger partial charge is 0.153 e. The molecule has 1 unspecified atom stereocenters. The summed E-state index contributed by atoms with van der Waals surface area (Å²) < 4.78 is 0. The van der Waals surface area contributed by atoms with Crippen molar-refractivity contribution in [3.8, 4) is 5.75 Å². The van der Waals surface area contributed by atoms with Crippen LogP contribution in [-0.2, 0) is 12.8 Å². The molecule has 0 aromatic carbocycles. The Hall–Kier alpha value is -0.740. The van der Waals surface area contributed by atoms with E-state index < -0.39 is 0 Å². The summed E-state index contributed by atoms with van der Waals surface area (Å²) in [7, 11) is 0. The predicted octanol–water partition coefficient (Wildman–Crippen LogP) is 1.55. The van der Waals surface area contributed by atoms with E-state index in [1.54, 1.807) is 6.20 Å². The summed E-state index contributed by atoms with van der Waals surface area (Å²) >= 11 is 1.90. The molecule has 1 aliphatic rings. The molecule has 0 fully saturated rings. The highest BCUT2D eigenvalue weighted by molar-refractivity contribution is 7.99. The molecule has 0 amide bonds. The lowest BCUT2D eigenvalue weighted by molar-refractivity contribution is 0.328. The van der Waals surface area contributed by atoms with Crippen LogP contribution in [0.3, 0.4) is 0 Å². The highest BCUT2D eigenvalue weighted by atomic mass is 32.2. The van der Waals surface area contributed by atoms with Gasteiger partial charge in [0, 0.05) is 28.8 Å². The lowest BCUT2D eigenvalue weighted by Crippen LogP contribution is -2.19. The number of nitrogens with zero attached hydrogens (tertiary/aromatic N) is 1. The van der Waals surface area contributed by atoms with Gasteiger partial charge in [-0.1, -0.05) is 0 Å². The van der Waals surface area contributed by atoms with Gasteiger partial charge in [0.25, 0.3) is 0 Å². The molecule has 0 saturated carbocycles. The topological polar surface area (TPSA) is 48.1 Å². The molecule has 0 aliphatic heterocycles. The number of hydrogen-bond donors (Lipinski definition) is 1. The fourth-order valence-corrected chi connectivity index (χ4v) is 2.58. The minimum Gasteiger partial charge on any atom is -0.411 e. The van der Waals surface area contributed by atoms with Gasteiger partial charge >= 0.3 is 0 Å². The first-order chi connectivity index (χ1) is 6.85. The quantitative estimate of drug-likeness (QED) is 0.752. The van der Waals surface area contributed by atoms with Gasteiger partial charge in [0.05, 0.1) is 0 Å². The summed E-state index contributed by atoms with van der Waals surface area (Å²) in [5.74, 6) is 6.01. The molecule has 2 rings (SSSR count). The van der Waals surface area contributed by atoms with Crippen LogP contribution in [0.15, 0.2) is 12.3 Å². The number of rotatable bonds is 2. The van der Waals surface area contributed by atoms with Gasteiger partial charge in [-0.2, -0.15) is 17.7 Å². The van der Waals surface area contributed by atoms with Crippen LogP contribution < -0.4 is 10.7 Å². The van der Waals surface area contributed by atoms with Crippen LogP contribution in [-0.4, -0.2) is 16.5 Å². The van der Waals surface area contributed by atoms with Crippen LogP contribution in [0.5, 0.6) is 5.75 Å². The van der Waals surface area contributed by atoms with Crippen LogP contribution in [0.2, 0.25) is 0 Å². The van der Waals surface area contributed by atoms with Crippen molar-refractivity contribution in [2.24, 2.45) is 5.90 Å². The third-order valence-electron chi connectivity index (χ3n) is 2.70. The molecule has 0 radical (unpaired) electrons. The Labute approximate surface area is 88.0 Å². The molecular formula is C10H14N2OS. The van der Waals surface area contributed by atoms with E-state index >= 15 is 0 Å². The van der Waals surface area contributed by atoms with E-state index in [1.165, 1.54) is 12.0 Å². The summed E-state index contributed by atoms with van der Waals surface area (Å²) in [6.07, 6.45) is 7.18. The predicted molar refractivity (Wildman–Crippen MR) is 58.4 cm³/mol. The van der Waals surface area contributed by atoms with Crippen molar-refractivity contribution < 1.29 is 4.84 Å². The number of thioether (sulfide) groups is 1. The minimum atomic E-state index is 0.681. The summed E-state index contributed by atoms with van der Waals surface area (Å²) in [6, 6.07) is 1.83. The minimum absolute atomic E-state index is 0.681. The standard InChI is InChI=1S/C10H14N2OS/c1-14-7-2-3-9-8(6-7)10(13-11)4-5-12-9/h4-5,7H,2-3,6,11H2,1H3. The molecule has 1 aliphatic carbocycles. The molecule has 3 nitrogen and oxygen atoms in total. The summed E-state index contributed by atoms with van der Waals surface area (Å²) in [5, 5.41) is 0.681. The van der Waals surface area contributed by atoms with E-state index in [9.17, 15) is 0 Å². The highest BCUT2D eigenvalue weighted by Gasteiger charge is 2.21. The molecule has 1 heterocycles. The number of fused-ring (bicyclic) bond motifs is 1. The molecule has 1 aromatic heterocycles. The zero-order chi connectivity index (χ0) is 9.97. The molecule has 1 aromatic rings. The van der Waals surface area contributed by atoms with Crippen LogP contribution in [0, 0.1) is 0 Å². The SMILES string of the molecule is CSC1CCc2nccc(ON)c2C1. The van der Waals surface area contributed by atoms with E-state index in [0.717, 1.165) is 24.3 Å². The lowest BCUT2D eigenvalue weighted by Gasteiger charge is -2.23. The Balaban J connectivity index is 2.33. The molecule has 2 N–H and O–H groups in total. The van der Waals surface area contributed by atoms with Crippen LogP contribution in [0.4, 0.5) is 0 Å². The number of aryl methyl sites for hydroxylation is 1. The molecule has 76 valence electrons. The van der Waals surface area contributed by atoms with E-state index in [2.05, 4.69) is 11.2 Å². The second-order valence-corrected chi connectivity index (χ2v) is 4.59. The summed E-state index contributed by atoms with van der Waals surface area (Å²) in [6.45, 7) is 0. The highest BCUT2D eigenvalue weighted by Crippen LogP contribution is 2.31. The van der Waals surface area contributed by atoms with Crippen LogP contribution in [0.25, 0.3) is 0 Å². The first-order valence-electron chi connectivity index (χ1n) is 4.71. The van der Waals surface area contributed by atoms with E-state index in [4.69, 9.17) is 10.7 Å². The van der Waals surface area contributed by atoms with Gasteiger partial charge in [-0.25, -0.2) is 0 Å². The Kier molecular flexibility index (Phi) is 2.93.